The Morgan fingerprint density at radius 3 is 2.03 bits per heavy atom. The van der Waals surface area contributed by atoms with E-state index in [2.05, 4.69) is 45.8 Å². The molecule has 492 valence electrons. The first-order chi connectivity index (χ1) is 42.4. The lowest BCUT2D eigenvalue weighted by atomic mass is 9.72. The number of aliphatic hydroxyl groups is 7. The van der Waals surface area contributed by atoms with E-state index in [-0.39, 0.29) is 23.5 Å². The molecule has 31 heteroatoms. The fourth-order valence-electron chi connectivity index (χ4n) is 13.4. The van der Waals surface area contributed by atoms with Gasteiger partial charge in [0.2, 0.25) is 41.4 Å². The molecule has 16 N–H and O–H groups in total. The van der Waals surface area contributed by atoms with Gasteiger partial charge in [0, 0.05) is 81.9 Å². The Kier molecular flexibility index (Phi) is 23.8. The Balaban J connectivity index is 1.05. The van der Waals surface area contributed by atoms with Crippen molar-refractivity contribution in [2.75, 3.05) is 50.7 Å². The molecule has 4 aliphatic heterocycles. The number of hydrogen-bond acceptors (Lipinski definition) is 23. The van der Waals surface area contributed by atoms with E-state index in [4.69, 9.17) is 15.2 Å². The summed E-state index contributed by atoms with van der Waals surface area (Å²) < 4.78 is 9.22. The van der Waals surface area contributed by atoms with E-state index in [1.54, 1.807) is 24.3 Å². The second-order valence-electron chi connectivity index (χ2n) is 24.4. The molecule has 89 heavy (non-hydrogen) atoms. The van der Waals surface area contributed by atoms with E-state index in [9.17, 15) is 79.2 Å². The highest BCUT2D eigenvalue weighted by atomic mass is 32.2. The number of carbonyl (C=O) groups excluding carboxylic acids is 8. The van der Waals surface area contributed by atoms with Gasteiger partial charge >= 0.3 is 0 Å². The number of phenols is 1. The van der Waals surface area contributed by atoms with Gasteiger partial charge in [-0.3, -0.25) is 43.3 Å². The fourth-order valence-corrected chi connectivity index (χ4v) is 13.6. The maximum absolute atomic E-state index is 14.7. The summed E-state index contributed by atoms with van der Waals surface area (Å²) in [6, 6.07) is -1.90. The zero-order chi connectivity index (χ0) is 64.4. The molecule has 14 unspecified atom stereocenters. The highest BCUT2D eigenvalue weighted by molar-refractivity contribution is 7.90. The molecule has 14 atom stereocenters. The van der Waals surface area contributed by atoms with Gasteiger partial charge in [-0.15, -0.1) is 0 Å². The first kappa shape index (κ1) is 68.4. The standard InChI is InChI=1S/C58H84N10O20S/c1-29-27-68-48(49(29)75)56(82)60-26-37(70)23-39(61-52(78)33-10-15-36(16-11-33)66-20-18-65(19-21-66)35-13-8-32(9-14-35)31-6-4-3-5-7-31)53(79)62-45(30(2)69)57(83)67-28-38(71)24-40(67)54(80)64-47(55(81)63-46(58(68)84)42(73)25-44(59)74)51(77)50(76)34-12-17-41(72)43(22-34)86-89-88-87-85/h10-12,15-17,22,29-32,35,37-40,42,45-51,69-73,75-77,85H,3-9,13-14,18-21,23-28H2,1-2H3,(H2,59,74)(H,60,82)(H,61,78)(H,62,79)(H,63,81)(H,64,80). The lowest BCUT2D eigenvalue weighted by Crippen LogP contribution is -2.64. The molecule has 2 aromatic rings. The molecule has 4 saturated heterocycles. The minimum Gasteiger partial charge on any atom is -0.504 e. The number of hydrogen-bond donors (Lipinski definition) is 15. The van der Waals surface area contributed by atoms with Gasteiger partial charge in [0.15, 0.2) is 11.5 Å². The van der Waals surface area contributed by atoms with Crippen LogP contribution in [0.2, 0.25) is 0 Å². The third kappa shape index (κ3) is 16.9. The molecule has 6 aliphatic rings. The number of primary amides is 1. The summed E-state index contributed by atoms with van der Waals surface area (Å²) in [5.41, 5.74) is 6.03. The number of aromatic hydroxyl groups is 1. The number of nitrogens with one attached hydrogen (secondary N) is 5. The highest BCUT2D eigenvalue weighted by Gasteiger charge is 2.50. The van der Waals surface area contributed by atoms with Gasteiger partial charge in [0.1, 0.15) is 48.5 Å². The Bertz CT molecular complexity index is 2810. The van der Waals surface area contributed by atoms with Crippen LogP contribution in [0.1, 0.15) is 113 Å². The zero-order valence-electron chi connectivity index (χ0n) is 49.6. The van der Waals surface area contributed by atoms with Crippen molar-refractivity contribution in [3.05, 3.63) is 53.6 Å². The number of carbonyl (C=O) groups is 8. The van der Waals surface area contributed by atoms with Crippen LogP contribution in [0.4, 0.5) is 5.69 Å². The molecule has 2 saturated carbocycles. The SMILES string of the molecule is CC(O)C1NC(=O)C(NC(=O)c2ccc(N3CCN(C4CCC(C5CCCCC5)CC4)CC3)cc2)CC(O)CNC(=O)C2C(O)C(C)CN2C(=O)C(C(O)CC(N)=O)NC(=O)C(C(O)C(O)c2ccc(O)c(OSOOO)c2)NC(=O)C2CC(O)CN2C1=O. The number of β-amino-alcohol motifs (C(OH)–C–C–N with tert-alkyl or cyclic N) is 1. The van der Waals surface area contributed by atoms with Crippen molar-refractivity contribution in [1.29, 1.82) is 0 Å². The molecule has 0 radical (unpaired) electrons. The van der Waals surface area contributed by atoms with Crippen molar-refractivity contribution in [2.24, 2.45) is 23.5 Å². The maximum atomic E-state index is 14.7. The predicted molar refractivity (Wildman–Crippen MR) is 314 cm³/mol. The van der Waals surface area contributed by atoms with Gasteiger partial charge in [-0.2, -0.15) is 0 Å². The van der Waals surface area contributed by atoms with Gasteiger partial charge in [-0.05, 0) is 86.4 Å². The van der Waals surface area contributed by atoms with Crippen molar-refractivity contribution in [2.45, 2.75) is 176 Å². The van der Waals surface area contributed by atoms with Crippen LogP contribution in [0.15, 0.2) is 42.5 Å². The summed E-state index contributed by atoms with van der Waals surface area (Å²) in [6.45, 7) is 4.14. The maximum Gasteiger partial charge on any atom is 0.261 e. The highest BCUT2D eigenvalue weighted by Crippen LogP contribution is 2.40. The predicted octanol–water partition coefficient (Wildman–Crippen LogP) is -2.67. The molecule has 0 bridgehead atoms. The summed E-state index contributed by atoms with van der Waals surface area (Å²) in [7, 11) is 0. The number of amides is 8. The first-order valence-electron chi connectivity index (χ1n) is 30.3. The van der Waals surface area contributed by atoms with Crippen LogP contribution in [-0.2, 0) is 42.9 Å². The minimum atomic E-state index is -2.51. The van der Waals surface area contributed by atoms with Gasteiger partial charge in [0.05, 0.1) is 36.9 Å². The minimum absolute atomic E-state index is 0.0135. The van der Waals surface area contributed by atoms with Crippen molar-refractivity contribution >= 4 is 65.3 Å². The molecule has 0 aromatic heterocycles. The van der Waals surface area contributed by atoms with Crippen LogP contribution in [0.3, 0.4) is 0 Å². The number of fused-ring (bicyclic) bond motifs is 2. The van der Waals surface area contributed by atoms with E-state index in [1.807, 2.05) is 0 Å². The molecule has 2 aromatic carbocycles. The van der Waals surface area contributed by atoms with Crippen LogP contribution in [-0.4, -0.2) is 233 Å². The van der Waals surface area contributed by atoms with Crippen LogP contribution < -0.4 is 41.4 Å². The summed E-state index contributed by atoms with van der Waals surface area (Å²) in [5, 5.41) is 114. The van der Waals surface area contributed by atoms with Crippen molar-refractivity contribution in [3.63, 3.8) is 0 Å². The second-order valence-corrected chi connectivity index (χ2v) is 24.8. The Hall–Kier alpha value is -6.49. The fraction of sp³-hybridized carbons (Fsp3) is 0.655. The van der Waals surface area contributed by atoms with E-state index < -0.39 is 183 Å². The molecule has 30 nitrogen and oxygen atoms in total. The van der Waals surface area contributed by atoms with Crippen LogP contribution in [0.5, 0.6) is 11.5 Å². The number of nitrogens with zero attached hydrogens (tertiary/aromatic N) is 4. The summed E-state index contributed by atoms with van der Waals surface area (Å²) >= 11 is -0.0135. The molecular weight excluding hydrogens is 1190 g/mol. The van der Waals surface area contributed by atoms with E-state index >= 15 is 0 Å². The topological polar surface area (TPSA) is 445 Å². The summed E-state index contributed by atoms with van der Waals surface area (Å²) in [6.07, 6.45) is -4.12. The molecule has 8 rings (SSSR count). The number of rotatable bonds is 16. The summed E-state index contributed by atoms with van der Waals surface area (Å²) in [4.78, 5) is 120. The van der Waals surface area contributed by atoms with Crippen LogP contribution >= 0.6 is 12.3 Å². The number of nitrogens with two attached hydrogens (primary N) is 1. The van der Waals surface area contributed by atoms with E-state index in [0.717, 1.165) is 78.6 Å². The quantitative estimate of drug-likeness (QED) is 0.0353. The largest absolute Gasteiger partial charge is 0.504 e. The third-order valence-corrected chi connectivity index (χ3v) is 18.7. The van der Waals surface area contributed by atoms with Gasteiger partial charge < -0.3 is 92.1 Å². The normalized spacial score (nSPS) is 30.7. The van der Waals surface area contributed by atoms with E-state index in [1.165, 1.54) is 64.7 Å². The van der Waals surface area contributed by atoms with Crippen molar-refractivity contribution in [1.82, 2.24) is 41.3 Å². The number of aliphatic hydroxyl groups excluding tert-OH is 7. The molecule has 2 aliphatic carbocycles. The Morgan fingerprint density at radius 2 is 1.38 bits per heavy atom. The zero-order valence-corrected chi connectivity index (χ0v) is 50.4. The monoisotopic (exact) mass is 1270 g/mol. The first-order valence-corrected chi connectivity index (χ1v) is 31.0. The van der Waals surface area contributed by atoms with Gasteiger partial charge in [-0.25, -0.2) is 5.26 Å². The van der Waals surface area contributed by atoms with Crippen molar-refractivity contribution in [3.8, 4) is 11.5 Å². The average molecular weight is 1270 g/mol. The molecule has 6 fully saturated rings. The van der Waals surface area contributed by atoms with Crippen molar-refractivity contribution < 1.29 is 98.0 Å². The lowest BCUT2D eigenvalue weighted by Gasteiger charge is -2.44. The number of phenolic OH excluding ortho intramolecular Hbond substituents is 1. The van der Waals surface area contributed by atoms with Crippen LogP contribution in [0, 0.1) is 17.8 Å². The van der Waals surface area contributed by atoms with E-state index in [0.29, 0.717) is 6.04 Å². The third-order valence-electron chi connectivity index (χ3n) is 18.3. The number of piperazine rings is 1. The Morgan fingerprint density at radius 1 is 0.742 bits per heavy atom. The smallest absolute Gasteiger partial charge is 0.261 e. The number of anilines is 1. The molecule has 4 heterocycles. The second kappa shape index (κ2) is 31.0. The molecule has 8 amide bonds. The lowest BCUT2D eigenvalue weighted by molar-refractivity contribution is -0.433. The summed E-state index contributed by atoms with van der Waals surface area (Å²) in [5.74, 6) is -9.91. The van der Waals surface area contributed by atoms with Gasteiger partial charge in [0.25, 0.3) is 18.2 Å². The molecule has 0 spiro atoms. The average Bonchev–Trinajstić information content (AvgIpc) is 2.11. The van der Waals surface area contributed by atoms with Crippen LogP contribution in [0.25, 0.3) is 0 Å². The molecular formula is C58H84N10O20S. The van der Waals surface area contributed by atoms with Gasteiger partial charge in [-0.1, -0.05) is 54.5 Å². The number of benzene rings is 2. The Labute approximate surface area is 518 Å².